The second kappa shape index (κ2) is 7.68. The largest absolute Gasteiger partial charge is 0.368 e. The molecule has 7 heteroatoms. The summed E-state index contributed by atoms with van der Waals surface area (Å²) in [4.78, 5) is 16.4. The third-order valence-electron chi connectivity index (χ3n) is 4.50. The van der Waals surface area contributed by atoms with Crippen molar-refractivity contribution in [1.29, 1.82) is 0 Å². The summed E-state index contributed by atoms with van der Waals surface area (Å²) in [6.07, 6.45) is 0. The van der Waals surface area contributed by atoms with E-state index in [4.69, 9.17) is 11.6 Å². The summed E-state index contributed by atoms with van der Waals surface area (Å²) in [5, 5.41) is 0.671. The Bertz CT molecular complexity index is 889. The van der Waals surface area contributed by atoms with E-state index in [1.807, 2.05) is 31.2 Å². The van der Waals surface area contributed by atoms with Crippen molar-refractivity contribution < 1.29 is 13.2 Å². The molecule has 0 unspecified atom stereocenters. The Hall–Kier alpha value is -2.05. The molecule has 1 aliphatic heterocycles. The van der Waals surface area contributed by atoms with E-state index in [1.54, 1.807) is 29.2 Å². The molecule has 1 aliphatic rings. The molecule has 0 bridgehead atoms. The Kier molecular flexibility index (Phi) is 5.53. The van der Waals surface area contributed by atoms with E-state index in [1.165, 1.54) is 0 Å². The van der Waals surface area contributed by atoms with E-state index < -0.39 is 15.6 Å². The number of hydrogen-bond donors (Lipinski definition) is 0. The predicted octanol–water partition coefficient (Wildman–Crippen LogP) is 2.77. The van der Waals surface area contributed by atoms with Crippen molar-refractivity contribution in [1.82, 2.24) is 4.90 Å². The van der Waals surface area contributed by atoms with E-state index in [2.05, 4.69) is 4.90 Å². The molecule has 26 heavy (non-hydrogen) atoms. The number of nitrogens with zero attached hydrogens (tertiary/aromatic N) is 2. The zero-order valence-electron chi connectivity index (χ0n) is 14.6. The fourth-order valence-electron chi connectivity index (χ4n) is 2.97. The Labute approximate surface area is 159 Å². The van der Waals surface area contributed by atoms with Crippen molar-refractivity contribution >= 4 is 33.0 Å². The highest BCUT2D eigenvalue weighted by Gasteiger charge is 2.26. The number of sulfone groups is 1. The van der Waals surface area contributed by atoms with Crippen LogP contribution in [-0.4, -0.2) is 51.2 Å². The lowest BCUT2D eigenvalue weighted by Gasteiger charge is -2.36. The van der Waals surface area contributed by atoms with Gasteiger partial charge in [-0.05, 0) is 37.3 Å². The lowest BCUT2D eigenvalue weighted by atomic mass is 10.2. The number of aryl methyl sites for hydroxylation is 1. The minimum Gasteiger partial charge on any atom is -0.368 e. The second-order valence-electron chi connectivity index (χ2n) is 6.42. The number of halogens is 1. The van der Waals surface area contributed by atoms with Crippen molar-refractivity contribution in [3.8, 4) is 0 Å². The van der Waals surface area contributed by atoms with Gasteiger partial charge in [0.25, 0.3) is 0 Å². The number of benzene rings is 2. The van der Waals surface area contributed by atoms with Crippen LogP contribution in [0.2, 0.25) is 5.02 Å². The summed E-state index contributed by atoms with van der Waals surface area (Å²) in [6, 6.07) is 14.2. The normalized spacial score (nSPS) is 15.2. The molecule has 2 aromatic rings. The fraction of sp³-hybridized carbons (Fsp3) is 0.316. The van der Waals surface area contributed by atoms with Crippen LogP contribution in [0.25, 0.3) is 0 Å². The Morgan fingerprint density at radius 1 is 1.04 bits per heavy atom. The van der Waals surface area contributed by atoms with Gasteiger partial charge in [0, 0.05) is 36.9 Å². The maximum absolute atomic E-state index is 12.5. The summed E-state index contributed by atoms with van der Waals surface area (Å²) in [6.45, 7) is 4.18. The SMILES string of the molecule is Cc1ccc(S(=O)(=O)CC(=O)N2CCN(c3cccc(Cl)c3)CC2)cc1. The molecule has 1 heterocycles. The van der Waals surface area contributed by atoms with Crippen molar-refractivity contribution in [2.24, 2.45) is 0 Å². The smallest absolute Gasteiger partial charge is 0.238 e. The van der Waals surface area contributed by atoms with Crippen LogP contribution in [0.15, 0.2) is 53.4 Å². The van der Waals surface area contributed by atoms with Crippen LogP contribution >= 0.6 is 11.6 Å². The molecule has 138 valence electrons. The minimum atomic E-state index is -3.62. The molecule has 3 rings (SSSR count). The first-order valence-electron chi connectivity index (χ1n) is 8.43. The van der Waals surface area contributed by atoms with Gasteiger partial charge < -0.3 is 9.80 Å². The number of carbonyl (C=O) groups is 1. The van der Waals surface area contributed by atoms with Crippen molar-refractivity contribution in [2.75, 3.05) is 36.8 Å². The number of amides is 1. The monoisotopic (exact) mass is 392 g/mol. The van der Waals surface area contributed by atoms with E-state index in [-0.39, 0.29) is 10.8 Å². The molecule has 0 atom stereocenters. The lowest BCUT2D eigenvalue weighted by Crippen LogP contribution is -2.50. The van der Waals surface area contributed by atoms with E-state index in [0.29, 0.717) is 31.2 Å². The third kappa shape index (κ3) is 4.37. The Morgan fingerprint density at radius 3 is 2.31 bits per heavy atom. The van der Waals surface area contributed by atoms with E-state index in [0.717, 1.165) is 11.3 Å². The molecule has 0 aliphatic carbocycles. The molecule has 2 aromatic carbocycles. The number of hydrogen-bond acceptors (Lipinski definition) is 4. The van der Waals surface area contributed by atoms with Crippen LogP contribution in [0.3, 0.4) is 0 Å². The second-order valence-corrected chi connectivity index (χ2v) is 8.85. The van der Waals surface area contributed by atoms with Crippen molar-refractivity contribution in [3.05, 3.63) is 59.1 Å². The van der Waals surface area contributed by atoms with Gasteiger partial charge in [-0.15, -0.1) is 0 Å². The van der Waals surface area contributed by atoms with E-state index >= 15 is 0 Å². The van der Waals surface area contributed by atoms with Gasteiger partial charge in [-0.2, -0.15) is 0 Å². The molecule has 1 amide bonds. The molecule has 0 saturated carbocycles. The summed E-state index contributed by atoms with van der Waals surface area (Å²) in [5.74, 6) is -0.843. The predicted molar refractivity (Wildman–Crippen MR) is 103 cm³/mol. The first-order chi connectivity index (χ1) is 12.3. The van der Waals surface area contributed by atoms with Crippen LogP contribution in [0.4, 0.5) is 5.69 Å². The minimum absolute atomic E-state index is 0.189. The van der Waals surface area contributed by atoms with Gasteiger partial charge in [0.05, 0.1) is 4.90 Å². The van der Waals surface area contributed by atoms with Gasteiger partial charge in [0.2, 0.25) is 5.91 Å². The van der Waals surface area contributed by atoms with Crippen LogP contribution in [0, 0.1) is 6.92 Å². The van der Waals surface area contributed by atoms with Crippen LogP contribution in [-0.2, 0) is 14.6 Å². The van der Waals surface area contributed by atoms with Crippen molar-refractivity contribution in [2.45, 2.75) is 11.8 Å². The van der Waals surface area contributed by atoms with Crippen LogP contribution in [0.1, 0.15) is 5.56 Å². The van der Waals surface area contributed by atoms with E-state index in [9.17, 15) is 13.2 Å². The van der Waals surface area contributed by atoms with Gasteiger partial charge >= 0.3 is 0 Å². The summed E-state index contributed by atoms with van der Waals surface area (Å²) < 4.78 is 24.9. The molecule has 0 radical (unpaired) electrons. The lowest BCUT2D eigenvalue weighted by molar-refractivity contribution is -0.128. The van der Waals surface area contributed by atoms with Gasteiger partial charge in [-0.1, -0.05) is 35.4 Å². The highest BCUT2D eigenvalue weighted by atomic mass is 35.5. The first-order valence-corrected chi connectivity index (χ1v) is 10.5. The standard InChI is InChI=1S/C19H21ClN2O3S/c1-15-5-7-18(8-6-15)26(24,25)14-19(23)22-11-9-21(10-12-22)17-4-2-3-16(20)13-17/h2-8,13H,9-12,14H2,1H3. The molecule has 1 fully saturated rings. The Morgan fingerprint density at radius 2 is 1.69 bits per heavy atom. The highest BCUT2D eigenvalue weighted by Crippen LogP contribution is 2.21. The molecule has 0 spiro atoms. The molecule has 0 aromatic heterocycles. The summed E-state index contributed by atoms with van der Waals surface area (Å²) in [7, 11) is -3.62. The van der Waals surface area contributed by atoms with Crippen molar-refractivity contribution in [3.63, 3.8) is 0 Å². The average Bonchev–Trinajstić information content (AvgIpc) is 2.62. The number of anilines is 1. The summed E-state index contributed by atoms with van der Waals surface area (Å²) in [5.41, 5.74) is 1.99. The summed E-state index contributed by atoms with van der Waals surface area (Å²) >= 11 is 6.03. The van der Waals surface area contributed by atoms with Crippen LogP contribution < -0.4 is 4.90 Å². The molecule has 0 N–H and O–H groups in total. The third-order valence-corrected chi connectivity index (χ3v) is 6.35. The fourth-order valence-corrected chi connectivity index (χ4v) is 4.38. The molecular weight excluding hydrogens is 372 g/mol. The van der Waals surface area contributed by atoms with Gasteiger partial charge in [-0.25, -0.2) is 8.42 Å². The molecule has 5 nitrogen and oxygen atoms in total. The molecule has 1 saturated heterocycles. The maximum Gasteiger partial charge on any atom is 0.238 e. The molecular formula is C19H21ClN2O3S. The zero-order chi connectivity index (χ0) is 18.7. The maximum atomic E-state index is 12.5. The highest BCUT2D eigenvalue weighted by molar-refractivity contribution is 7.92. The Balaban J connectivity index is 1.61. The number of carbonyl (C=O) groups excluding carboxylic acids is 1. The van der Waals surface area contributed by atoms with Gasteiger partial charge in [0.15, 0.2) is 9.84 Å². The zero-order valence-corrected chi connectivity index (χ0v) is 16.1. The van der Waals surface area contributed by atoms with Crippen LogP contribution in [0.5, 0.6) is 0 Å². The van der Waals surface area contributed by atoms with Gasteiger partial charge in [-0.3, -0.25) is 4.79 Å². The average molecular weight is 393 g/mol. The number of piperazine rings is 1. The van der Waals surface area contributed by atoms with Gasteiger partial charge in [0.1, 0.15) is 5.75 Å². The first kappa shape index (κ1) is 18.7. The number of rotatable bonds is 4. The topological polar surface area (TPSA) is 57.7 Å². The quantitative estimate of drug-likeness (QED) is 0.802.